The van der Waals surface area contributed by atoms with Crippen LogP contribution in [0, 0.1) is 29.6 Å². The number of esters is 1. The molecule has 1 aliphatic heterocycles. The van der Waals surface area contributed by atoms with Crippen LogP contribution in [-0.2, 0) is 24.7 Å². The lowest BCUT2D eigenvalue weighted by atomic mass is 9.75. The van der Waals surface area contributed by atoms with E-state index < -0.39 is 35.5 Å². The van der Waals surface area contributed by atoms with Crippen molar-refractivity contribution in [3.05, 3.63) is 83.9 Å². The summed E-state index contributed by atoms with van der Waals surface area (Å²) in [5, 5.41) is 0. The zero-order valence-corrected chi connectivity index (χ0v) is 19.6. The molecule has 5 rings (SSSR count). The van der Waals surface area contributed by atoms with E-state index in [0.29, 0.717) is 6.42 Å². The van der Waals surface area contributed by atoms with E-state index in [-0.39, 0.29) is 23.7 Å². The SMILES string of the molecule is COC(=O)[C@H]1[C@@H](C(=O)N2C(=O)OC(c3ccccc3)(c3ccccc3)[C@@H]2C(C)C)[C@H]2C=C[C@@H]1C2. The monoisotopic (exact) mass is 459 g/mol. The van der Waals surface area contributed by atoms with Crippen LogP contribution in [0.1, 0.15) is 31.4 Å². The van der Waals surface area contributed by atoms with Gasteiger partial charge in [-0.05, 0) is 24.2 Å². The lowest BCUT2D eigenvalue weighted by Gasteiger charge is -2.38. The fraction of sp³-hybridized carbons (Fsp3) is 0.393. The predicted octanol–water partition coefficient (Wildman–Crippen LogP) is 4.54. The average molecular weight is 460 g/mol. The molecular weight excluding hydrogens is 430 g/mol. The van der Waals surface area contributed by atoms with Crippen LogP contribution < -0.4 is 0 Å². The minimum Gasteiger partial charge on any atom is -0.469 e. The number of carbonyl (C=O) groups is 3. The Morgan fingerprint density at radius 1 is 0.941 bits per heavy atom. The van der Waals surface area contributed by atoms with Crippen molar-refractivity contribution in [1.82, 2.24) is 4.90 Å². The molecule has 0 unspecified atom stereocenters. The molecule has 0 N–H and O–H groups in total. The summed E-state index contributed by atoms with van der Waals surface area (Å²) in [6.45, 7) is 3.98. The summed E-state index contributed by atoms with van der Waals surface area (Å²) in [7, 11) is 1.34. The second-order valence-corrected chi connectivity index (χ2v) is 9.76. The van der Waals surface area contributed by atoms with Crippen LogP contribution in [0.4, 0.5) is 4.79 Å². The topological polar surface area (TPSA) is 72.9 Å². The minimum absolute atomic E-state index is 0.0458. The molecular formula is C28H29NO5. The number of hydrogen-bond donors (Lipinski definition) is 0. The quantitative estimate of drug-likeness (QED) is 0.485. The molecule has 1 saturated heterocycles. The molecule has 5 atom stereocenters. The number of carbonyl (C=O) groups excluding carboxylic acids is 3. The fourth-order valence-corrected chi connectivity index (χ4v) is 6.31. The number of methoxy groups -OCH3 is 1. The molecule has 0 spiro atoms. The van der Waals surface area contributed by atoms with Crippen molar-refractivity contribution >= 4 is 18.0 Å². The minimum atomic E-state index is -1.16. The standard InChI is InChI=1S/C28H29NO5/c1-17(2)24-28(20-10-6-4-7-11-20,21-12-8-5-9-13-21)34-27(32)29(24)25(30)22-18-14-15-19(16-18)23(22)26(31)33-3/h4-15,17-19,22-24H,16H2,1-3H3/t18-,19+,22-,23+,24-/m0/s1. The highest BCUT2D eigenvalue weighted by atomic mass is 16.6. The number of amides is 2. The van der Waals surface area contributed by atoms with Crippen molar-refractivity contribution in [3.63, 3.8) is 0 Å². The maximum Gasteiger partial charge on any atom is 0.418 e. The zero-order valence-electron chi connectivity index (χ0n) is 19.6. The van der Waals surface area contributed by atoms with Gasteiger partial charge in [-0.2, -0.15) is 0 Å². The third-order valence-electron chi connectivity index (χ3n) is 7.63. The highest BCUT2D eigenvalue weighted by molar-refractivity contribution is 5.98. The van der Waals surface area contributed by atoms with Gasteiger partial charge in [-0.15, -0.1) is 0 Å². The van der Waals surface area contributed by atoms with Gasteiger partial charge in [0, 0.05) is 11.1 Å². The molecule has 2 aliphatic carbocycles. The summed E-state index contributed by atoms with van der Waals surface area (Å²) in [4.78, 5) is 41.6. The van der Waals surface area contributed by atoms with Crippen LogP contribution in [0.5, 0.6) is 0 Å². The maximum atomic E-state index is 14.1. The first-order valence-corrected chi connectivity index (χ1v) is 11.8. The molecule has 3 aliphatic rings. The molecule has 1 heterocycles. The van der Waals surface area contributed by atoms with Crippen LogP contribution >= 0.6 is 0 Å². The van der Waals surface area contributed by atoms with Crippen molar-refractivity contribution in [3.8, 4) is 0 Å². The van der Waals surface area contributed by atoms with E-state index in [1.807, 2.05) is 86.7 Å². The van der Waals surface area contributed by atoms with Gasteiger partial charge in [-0.25, -0.2) is 9.69 Å². The molecule has 2 fully saturated rings. The number of benzene rings is 2. The number of cyclic esters (lactones) is 1. The Morgan fingerprint density at radius 3 is 1.97 bits per heavy atom. The Kier molecular flexibility index (Phi) is 5.54. The Balaban J connectivity index is 1.63. The van der Waals surface area contributed by atoms with E-state index in [2.05, 4.69) is 0 Å². The molecule has 1 saturated carbocycles. The molecule has 2 aromatic rings. The van der Waals surface area contributed by atoms with Crippen molar-refractivity contribution in [2.75, 3.05) is 7.11 Å². The summed E-state index contributed by atoms with van der Waals surface area (Å²) in [5.41, 5.74) is 0.458. The number of fused-ring (bicyclic) bond motifs is 2. The lowest BCUT2D eigenvalue weighted by molar-refractivity contribution is -0.153. The van der Waals surface area contributed by atoms with E-state index in [0.717, 1.165) is 11.1 Å². The predicted molar refractivity (Wildman–Crippen MR) is 125 cm³/mol. The smallest absolute Gasteiger partial charge is 0.418 e. The van der Waals surface area contributed by atoms with Gasteiger partial charge in [-0.3, -0.25) is 9.59 Å². The second kappa shape index (κ2) is 8.42. The number of hydrogen-bond acceptors (Lipinski definition) is 5. The Morgan fingerprint density at radius 2 is 1.47 bits per heavy atom. The van der Waals surface area contributed by atoms with Gasteiger partial charge in [0.2, 0.25) is 5.91 Å². The highest BCUT2D eigenvalue weighted by Crippen LogP contribution is 2.52. The molecule has 6 nitrogen and oxygen atoms in total. The molecule has 0 radical (unpaired) electrons. The van der Waals surface area contributed by atoms with Gasteiger partial charge >= 0.3 is 12.1 Å². The van der Waals surface area contributed by atoms with Crippen LogP contribution in [0.2, 0.25) is 0 Å². The average Bonchev–Trinajstić information content (AvgIpc) is 3.56. The maximum absolute atomic E-state index is 14.1. The van der Waals surface area contributed by atoms with Crippen molar-refractivity contribution in [1.29, 1.82) is 0 Å². The lowest BCUT2D eigenvalue weighted by Crippen LogP contribution is -2.53. The van der Waals surface area contributed by atoms with Crippen molar-refractivity contribution < 1.29 is 23.9 Å². The molecule has 2 amide bonds. The number of nitrogens with zero attached hydrogens (tertiary/aromatic N) is 1. The molecule has 2 aromatic carbocycles. The Labute approximate surface area is 199 Å². The van der Waals surface area contributed by atoms with E-state index >= 15 is 0 Å². The van der Waals surface area contributed by atoms with Gasteiger partial charge in [0.1, 0.15) is 0 Å². The first-order valence-electron chi connectivity index (χ1n) is 11.8. The van der Waals surface area contributed by atoms with Gasteiger partial charge in [0.05, 0.1) is 25.0 Å². The van der Waals surface area contributed by atoms with Crippen LogP contribution in [0.15, 0.2) is 72.8 Å². The molecule has 34 heavy (non-hydrogen) atoms. The van der Waals surface area contributed by atoms with Crippen LogP contribution in [-0.4, -0.2) is 36.0 Å². The number of imide groups is 1. The summed E-state index contributed by atoms with van der Waals surface area (Å²) in [5.74, 6) is -2.23. The second-order valence-electron chi connectivity index (χ2n) is 9.76. The largest absolute Gasteiger partial charge is 0.469 e. The van der Waals surface area contributed by atoms with Gasteiger partial charge in [0.25, 0.3) is 0 Å². The molecule has 0 aromatic heterocycles. The molecule has 2 bridgehead atoms. The van der Waals surface area contributed by atoms with E-state index in [9.17, 15) is 14.4 Å². The summed E-state index contributed by atoms with van der Waals surface area (Å²) >= 11 is 0. The van der Waals surface area contributed by atoms with E-state index in [1.54, 1.807) is 0 Å². The Hall–Kier alpha value is -3.41. The number of rotatable bonds is 5. The Bertz CT molecular complexity index is 1090. The first-order chi connectivity index (χ1) is 16.4. The normalized spacial score (nSPS) is 28.9. The van der Waals surface area contributed by atoms with Gasteiger partial charge in [-0.1, -0.05) is 86.7 Å². The van der Waals surface area contributed by atoms with Crippen molar-refractivity contribution in [2.24, 2.45) is 29.6 Å². The summed E-state index contributed by atoms with van der Waals surface area (Å²) in [6.07, 6.45) is 4.04. The van der Waals surface area contributed by atoms with Crippen LogP contribution in [0.3, 0.4) is 0 Å². The summed E-state index contributed by atoms with van der Waals surface area (Å²) < 4.78 is 11.3. The highest BCUT2D eigenvalue weighted by Gasteiger charge is 2.62. The number of ether oxygens (including phenoxy) is 2. The van der Waals surface area contributed by atoms with Gasteiger partial charge in [0.15, 0.2) is 5.60 Å². The summed E-state index contributed by atoms with van der Waals surface area (Å²) in [6, 6.07) is 18.6. The van der Waals surface area contributed by atoms with E-state index in [1.165, 1.54) is 12.0 Å². The van der Waals surface area contributed by atoms with E-state index in [4.69, 9.17) is 9.47 Å². The third kappa shape index (κ3) is 3.19. The van der Waals surface area contributed by atoms with Crippen LogP contribution in [0.25, 0.3) is 0 Å². The molecule has 6 heteroatoms. The molecule has 176 valence electrons. The first kappa shape index (κ1) is 22.4. The third-order valence-corrected chi connectivity index (χ3v) is 7.63. The fourth-order valence-electron chi connectivity index (χ4n) is 6.31. The van der Waals surface area contributed by atoms with Gasteiger partial charge < -0.3 is 9.47 Å². The zero-order chi connectivity index (χ0) is 24.0. The van der Waals surface area contributed by atoms with Crippen molar-refractivity contribution in [2.45, 2.75) is 31.9 Å². The number of allylic oxidation sites excluding steroid dienone is 2.